The van der Waals surface area contributed by atoms with Crippen molar-refractivity contribution in [2.24, 2.45) is 23.2 Å². The minimum Gasteiger partial charge on any atom is -0.0651 e. The second-order valence-electron chi connectivity index (χ2n) is 6.31. The van der Waals surface area contributed by atoms with Gasteiger partial charge in [0.05, 0.1) is 0 Å². The minimum absolute atomic E-state index is 0.518. The van der Waals surface area contributed by atoms with Crippen LogP contribution in [0.3, 0.4) is 0 Å². The largest absolute Gasteiger partial charge is 0.0651 e. The van der Waals surface area contributed by atoms with Crippen molar-refractivity contribution >= 4 is 0 Å². The molecule has 92 valence electrons. The van der Waals surface area contributed by atoms with E-state index in [1.165, 1.54) is 25.7 Å². The van der Waals surface area contributed by atoms with Gasteiger partial charge in [0.15, 0.2) is 0 Å². The molecular formula is C15H32. The van der Waals surface area contributed by atoms with Gasteiger partial charge in [-0.1, -0.05) is 67.7 Å². The summed E-state index contributed by atoms with van der Waals surface area (Å²) in [5, 5.41) is 0. The summed E-state index contributed by atoms with van der Waals surface area (Å²) < 4.78 is 0. The Hall–Kier alpha value is 0. The summed E-state index contributed by atoms with van der Waals surface area (Å²) in [4.78, 5) is 0. The van der Waals surface area contributed by atoms with Crippen LogP contribution in [-0.2, 0) is 0 Å². The highest BCUT2D eigenvalue weighted by Gasteiger charge is 2.30. The van der Waals surface area contributed by atoms with E-state index >= 15 is 0 Å². The van der Waals surface area contributed by atoms with Crippen molar-refractivity contribution in [3.8, 4) is 0 Å². The highest BCUT2D eigenvalue weighted by Crippen LogP contribution is 2.40. The standard InChI is InChI=1S/C15H32/c1-8-13(5)14(11-10-12(3)4)15(6,7)9-2/h12-14H,8-11H2,1-7H3. The molecule has 0 amide bonds. The first-order chi connectivity index (χ1) is 6.85. The monoisotopic (exact) mass is 212 g/mol. The predicted molar refractivity (Wildman–Crippen MR) is 71.1 cm³/mol. The van der Waals surface area contributed by atoms with E-state index < -0.39 is 0 Å². The zero-order valence-corrected chi connectivity index (χ0v) is 12.1. The van der Waals surface area contributed by atoms with E-state index in [1.54, 1.807) is 0 Å². The van der Waals surface area contributed by atoms with E-state index in [0.29, 0.717) is 5.41 Å². The maximum atomic E-state index is 2.45. The lowest BCUT2D eigenvalue weighted by atomic mass is 9.67. The summed E-state index contributed by atoms with van der Waals surface area (Å²) >= 11 is 0. The first kappa shape index (κ1) is 15.0. The summed E-state index contributed by atoms with van der Waals surface area (Å²) in [6.45, 7) is 16.7. The van der Waals surface area contributed by atoms with E-state index in [-0.39, 0.29) is 0 Å². The maximum Gasteiger partial charge on any atom is -0.0326 e. The van der Waals surface area contributed by atoms with Crippen LogP contribution in [0.2, 0.25) is 0 Å². The van der Waals surface area contributed by atoms with Crippen LogP contribution in [0.25, 0.3) is 0 Å². The Kier molecular flexibility index (Phi) is 6.55. The Morgan fingerprint density at radius 3 is 1.80 bits per heavy atom. The van der Waals surface area contributed by atoms with Crippen molar-refractivity contribution in [3.63, 3.8) is 0 Å². The Balaban J connectivity index is 4.44. The molecule has 0 N–H and O–H groups in total. The molecule has 0 nitrogen and oxygen atoms in total. The molecule has 0 fully saturated rings. The first-order valence-electron chi connectivity index (χ1n) is 6.85. The van der Waals surface area contributed by atoms with Crippen LogP contribution in [0.5, 0.6) is 0 Å². The Morgan fingerprint density at radius 2 is 1.47 bits per heavy atom. The zero-order valence-electron chi connectivity index (χ0n) is 12.1. The molecule has 0 aliphatic heterocycles. The SMILES string of the molecule is CCC(C)C(CCC(C)C)C(C)(C)CC. The molecular weight excluding hydrogens is 180 g/mol. The van der Waals surface area contributed by atoms with Gasteiger partial charge in [-0.3, -0.25) is 0 Å². The second-order valence-corrected chi connectivity index (χ2v) is 6.31. The van der Waals surface area contributed by atoms with Gasteiger partial charge in [0.2, 0.25) is 0 Å². The van der Waals surface area contributed by atoms with Crippen LogP contribution in [0.1, 0.15) is 74.1 Å². The van der Waals surface area contributed by atoms with Crippen molar-refractivity contribution in [2.75, 3.05) is 0 Å². The zero-order chi connectivity index (χ0) is 12.1. The van der Waals surface area contributed by atoms with Crippen LogP contribution in [0.15, 0.2) is 0 Å². The number of hydrogen-bond acceptors (Lipinski definition) is 0. The van der Waals surface area contributed by atoms with Gasteiger partial charge in [-0.25, -0.2) is 0 Å². The predicted octanol–water partition coefficient (Wildman–Crippen LogP) is 5.52. The summed E-state index contributed by atoms with van der Waals surface area (Å²) in [5.41, 5.74) is 0.518. The molecule has 0 aliphatic rings. The summed E-state index contributed by atoms with van der Waals surface area (Å²) in [6.07, 6.45) is 5.43. The Labute approximate surface area is 97.8 Å². The quantitative estimate of drug-likeness (QED) is 0.521. The van der Waals surface area contributed by atoms with Gasteiger partial charge in [0, 0.05) is 0 Å². The van der Waals surface area contributed by atoms with Gasteiger partial charge in [0.1, 0.15) is 0 Å². The third kappa shape index (κ3) is 5.04. The molecule has 2 atom stereocenters. The van der Waals surface area contributed by atoms with E-state index in [9.17, 15) is 0 Å². The highest BCUT2D eigenvalue weighted by atomic mass is 14.4. The van der Waals surface area contributed by atoms with Crippen molar-refractivity contribution in [3.05, 3.63) is 0 Å². The molecule has 0 aliphatic carbocycles. The van der Waals surface area contributed by atoms with E-state index in [2.05, 4.69) is 48.5 Å². The molecule has 0 rings (SSSR count). The van der Waals surface area contributed by atoms with E-state index in [1.807, 2.05) is 0 Å². The Bertz CT molecular complexity index is 155. The highest BCUT2D eigenvalue weighted by molar-refractivity contribution is 4.80. The molecule has 0 spiro atoms. The second kappa shape index (κ2) is 6.55. The minimum atomic E-state index is 0.518. The van der Waals surface area contributed by atoms with Crippen molar-refractivity contribution in [1.82, 2.24) is 0 Å². The molecule has 0 heteroatoms. The van der Waals surface area contributed by atoms with Gasteiger partial charge in [-0.2, -0.15) is 0 Å². The van der Waals surface area contributed by atoms with Gasteiger partial charge >= 0.3 is 0 Å². The van der Waals surface area contributed by atoms with Crippen LogP contribution in [-0.4, -0.2) is 0 Å². The molecule has 0 aromatic rings. The van der Waals surface area contributed by atoms with Crippen molar-refractivity contribution in [2.45, 2.75) is 74.1 Å². The van der Waals surface area contributed by atoms with Gasteiger partial charge in [-0.05, 0) is 29.6 Å². The molecule has 0 bridgehead atoms. The third-order valence-corrected chi connectivity index (χ3v) is 4.30. The average Bonchev–Trinajstić information content (AvgIpc) is 2.16. The van der Waals surface area contributed by atoms with Gasteiger partial charge < -0.3 is 0 Å². The van der Waals surface area contributed by atoms with Crippen LogP contribution < -0.4 is 0 Å². The molecule has 2 unspecified atom stereocenters. The Morgan fingerprint density at radius 1 is 0.933 bits per heavy atom. The molecule has 15 heavy (non-hydrogen) atoms. The third-order valence-electron chi connectivity index (χ3n) is 4.30. The molecule has 0 aromatic carbocycles. The molecule has 0 heterocycles. The summed E-state index contributed by atoms with van der Waals surface area (Å²) in [6, 6.07) is 0. The molecule has 0 saturated carbocycles. The van der Waals surface area contributed by atoms with Crippen LogP contribution in [0, 0.1) is 23.2 Å². The average molecular weight is 212 g/mol. The van der Waals surface area contributed by atoms with Crippen LogP contribution >= 0.6 is 0 Å². The lowest BCUT2D eigenvalue weighted by Gasteiger charge is -2.38. The number of hydrogen-bond donors (Lipinski definition) is 0. The van der Waals surface area contributed by atoms with E-state index in [4.69, 9.17) is 0 Å². The van der Waals surface area contributed by atoms with Gasteiger partial charge in [-0.15, -0.1) is 0 Å². The first-order valence-corrected chi connectivity index (χ1v) is 6.85. The molecule has 0 radical (unpaired) electrons. The fraction of sp³-hybridized carbons (Fsp3) is 1.00. The normalized spacial score (nSPS) is 16.8. The van der Waals surface area contributed by atoms with Gasteiger partial charge in [0.25, 0.3) is 0 Å². The van der Waals surface area contributed by atoms with E-state index in [0.717, 1.165) is 17.8 Å². The topological polar surface area (TPSA) is 0 Å². The summed E-state index contributed by atoms with van der Waals surface area (Å²) in [7, 11) is 0. The van der Waals surface area contributed by atoms with Crippen LogP contribution in [0.4, 0.5) is 0 Å². The molecule has 0 aromatic heterocycles. The molecule has 0 saturated heterocycles. The summed E-state index contributed by atoms with van der Waals surface area (Å²) in [5.74, 6) is 2.62. The smallest absolute Gasteiger partial charge is 0.0326 e. The van der Waals surface area contributed by atoms with Crippen molar-refractivity contribution in [1.29, 1.82) is 0 Å². The lowest BCUT2D eigenvalue weighted by molar-refractivity contribution is 0.121. The fourth-order valence-electron chi connectivity index (χ4n) is 2.51. The maximum absolute atomic E-state index is 2.45. The lowest BCUT2D eigenvalue weighted by Crippen LogP contribution is -2.29. The number of rotatable bonds is 7. The van der Waals surface area contributed by atoms with Crippen molar-refractivity contribution < 1.29 is 0 Å². The fourth-order valence-corrected chi connectivity index (χ4v) is 2.51.